The lowest BCUT2D eigenvalue weighted by Crippen LogP contribution is -2.35. The zero-order valence-corrected chi connectivity index (χ0v) is 16.2. The van der Waals surface area contributed by atoms with Crippen LogP contribution in [0.4, 0.5) is 13.2 Å². The van der Waals surface area contributed by atoms with Crippen LogP contribution in [0.5, 0.6) is 0 Å². The second-order valence-corrected chi connectivity index (χ2v) is 7.45. The highest BCUT2D eigenvalue weighted by Crippen LogP contribution is 2.30. The minimum absolute atomic E-state index is 0.268. The Morgan fingerprint density at radius 3 is 2.58 bits per heavy atom. The van der Waals surface area contributed by atoms with Crippen LogP contribution in [0.2, 0.25) is 0 Å². The van der Waals surface area contributed by atoms with Gasteiger partial charge in [0.15, 0.2) is 5.58 Å². The van der Waals surface area contributed by atoms with Gasteiger partial charge >= 0.3 is 6.18 Å². The molecule has 0 bridgehead atoms. The third-order valence-electron chi connectivity index (χ3n) is 5.33. The Morgan fingerprint density at radius 1 is 1.06 bits per heavy atom. The van der Waals surface area contributed by atoms with Crippen molar-refractivity contribution < 1.29 is 17.6 Å². The highest BCUT2D eigenvalue weighted by Gasteiger charge is 2.30. The molecule has 0 atom stereocenters. The molecule has 6 nitrogen and oxygen atoms in total. The molecule has 0 spiro atoms. The summed E-state index contributed by atoms with van der Waals surface area (Å²) in [4.78, 5) is 26.4. The van der Waals surface area contributed by atoms with Gasteiger partial charge in [0.05, 0.1) is 23.4 Å². The van der Waals surface area contributed by atoms with E-state index in [4.69, 9.17) is 4.42 Å². The van der Waals surface area contributed by atoms with Crippen molar-refractivity contribution >= 4 is 11.1 Å². The summed E-state index contributed by atoms with van der Waals surface area (Å²) in [6, 6.07) is 12.1. The van der Waals surface area contributed by atoms with E-state index in [2.05, 4.69) is 19.9 Å². The Bertz CT molecular complexity index is 1280. The van der Waals surface area contributed by atoms with Crippen molar-refractivity contribution in [2.45, 2.75) is 25.7 Å². The highest BCUT2D eigenvalue weighted by molar-refractivity contribution is 5.72. The van der Waals surface area contributed by atoms with Crippen LogP contribution in [0.15, 0.2) is 57.7 Å². The number of H-pyrrole nitrogens is 1. The van der Waals surface area contributed by atoms with Crippen LogP contribution < -0.4 is 5.56 Å². The van der Waals surface area contributed by atoms with Gasteiger partial charge in [-0.3, -0.25) is 9.69 Å². The number of aromatic amines is 1. The lowest BCUT2D eigenvalue weighted by atomic mass is 10.1. The van der Waals surface area contributed by atoms with Gasteiger partial charge in [-0.05, 0) is 24.3 Å². The van der Waals surface area contributed by atoms with Crippen molar-refractivity contribution in [2.24, 2.45) is 0 Å². The fraction of sp³-hybridized carbons (Fsp3) is 0.227. The summed E-state index contributed by atoms with van der Waals surface area (Å²) in [7, 11) is 0. The van der Waals surface area contributed by atoms with Gasteiger partial charge in [0.1, 0.15) is 11.3 Å². The number of alkyl halides is 3. The fourth-order valence-corrected chi connectivity index (χ4v) is 3.75. The van der Waals surface area contributed by atoms with E-state index in [0.29, 0.717) is 48.8 Å². The van der Waals surface area contributed by atoms with Crippen molar-refractivity contribution in [3.05, 3.63) is 81.6 Å². The predicted octanol–water partition coefficient (Wildman–Crippen LogP) is 4.16. The molecule has 0 aliphatic carbocycles. The molecule has 2 aromatic heterocycles. The van der Waals surface area contributed by atoms with Gasteiger partial charge in [0.2, 0.25) is 5.89 Å². The molecular formula is C22H17F3N4O2. The molecule has 9 heteroatoms. The van der Waals surface area contributed by atoms with Crippen LogP contribution in [-0.4, -0.2) is 26.4 Å². The molecule has 0 radical (unpaired) electrons. The number of para-hydroxylation sites is 2. The van der Waals surface area contributed by atoms with Gasteiger partial charge < -0.3 is 9.40 Å². The first-order valence-electron chi connectivity index (χ1n) is 9.73. The van der Waals surface area contributed by atoms with Crippen LogP contribution in [0.1, 0.15) is 22.7 Å². The number of rotatable bonds is 3. The quantitative estimate of drug-likeness (QED) is 0.533. The molecule has 0 unspecified atom stereocenters. The molecular weight excluding hydrogens is 409 g/mol. The maximum Gasteiger partial charge on any atom is 0.416 e. The molecule has 2 aromatic carbocycles. The molecule has 5 rings (SSSR count). The summed E-state index contributed by atoms with van der Waals surface area (Å²) in [6.07, 6.45) is -3.86. The van der Waals surface area contributed by atoms with Crippen LogP contribution in [0.3, 0.4) is 0 Å². The lowest BCUT2D eigenvalue weighted by Gasteiger charge is -2.26. The number of fused-ring (bicyclic) bond motifs is 2. The van der Waals surface area contributed by atoms with Crippen molar-refractivity contribution in [3.8, 4) is 11.4 Å². The van der Waals surface area contributed by atoms with Gasteiger partial charge in [-0.1, -0.05) is 24.3 Å². The SMILES string of the molecule is O=c1[nH]c(-c2ccc(C(F)(F)F)cc2)nc2c1CN(Cc1nc3ccccc3o1)CC2. The van der Waals surface area contributed by atoms with E-state index in [1.807, 2.05) is 24.3 Å². The molecule has 0 saturated heterocycles. The molecule has 158 valence electrons. The molecule has 0 amide bonds. The number of aromatic nitrogens is 3. The number of benzene rings is 2. The van der Waals surface area contributed by atoms with E-state index >= 15 is 0 Å². The Labute approximate surface area is 174 Å². The third kappa shape index (κ3) is 3.84. The third-order valence-corrected chi connectivity index (χ3v) is 5.33. The van der Waals surface area contributed by atoms with Crippen LogP contribution >= 0.6 is 0 Å². The Morgan fingerprint density at radius 2 is 1.84 bits per heavy atom. The standard InChI is InChI=1S/C22H17F3N4O2/c23-22(24,25)14-7-5-13(6-8-14)20-27-16-9-10-29(11-15(16)21(30)28-20)12-19-26-17-3-1-2-4-18(17)31-19/h1-8H,9-12H2,(H,27,28,30). The smallest absolute Gasteiger partial charge is 0.416 e. The molecule has 1 aliphatic rings. The van der Waals surface area contributed by atoms with Gasteiger partial charge in [0, 0.05) is 25.1 Å². The summed E-state index contributed by atoms with van der Waals surface area (Å²) in [6.45, 7) is 1.52. The second-order valence-electron chi connectivity index (χ2n) is 7.45. The minimum Gasteiger partial charge on any atom is -0.439 e. The number of nitrogens with zero attached hydrogens (tertiary/aromatic N) is 3. The molecule has 0 fully saturated rings. The van der Waals surface area contributed by atoms with E-state index in [0.717, 1.165) is 23.2 Å². The monoisotopic (exact) mass is 426 g/mol. The van der Waals surface area contributed by atoms with E-state index in [1.54, 1.807) is 0 Å². The normalized spacial score (nSPS) is 14.7. The predicted molar refractivity (Wildman–Crippen MR) is 107 cm³/mol. The van der Waals surface area contributed by atoms with Crippen LogP contribution in [0, 0.1) is 0 Å². The summed E-state index contributed by atoms with van der Waals surface area (Å²) in [5.74, 6) is 0.847. The number of hydrogen-bond donors (Lipinski definition) is 1. The summed E-state index contributed by atoms with van der Waals surface area (Å²) < 4.78 is 44.1. The lowest BCUT2D eigenvalue weighted by molar-refractivity contribution is -0.137. The van der Waals surface area contributed by atoms with Crippen molar-refractivity contribution in [3.63, 3.8) is 0 Å². The average molecular weight is 426 g/mol. The van der Waals surface area contributed by atoms with Gasteiger partial charge in [0.25, 0.3) is 5.56 Å². The zero-order chi connectivity index (χ0) is 21.6. The summed E-state index contributed by atoms with van der Waals surface area (Å²) in [5.41, 5.74) is 2.12. The maximum atomic E-state index is 12.8. The van der Waals surface area contributed by atoms with Gasteiger partial charge in [-0.25, -0.2) is 9.97 Å². The van der Waals surface area contributed by atoms with E-state index in [-0.39, 0.29) is 11.4 Å². The topological polar surface area (TPSA) is 75.0 Å². The number of oxazole rings is 1. The van der Waals surface area contributed by atoms with E-state index in [1.165, 1.54) is 12.1 Å². The minimum atomic E-state index is -4.41. The van der Waals surface area contributed by atoms with E-state index < -0.39 is 11.7 Å². The van der Waals surface area contributed by atoms with Crippen LogP contribution in [0.25, 0.3) is 22.5 Å². The summed E-state index contributed by atoms with van der Waals surface area (Å²) in [5, 5.41) is 0. The first kappa shape index (κ1) is 19.5. The molecule has 1 aliphatic heterocycles. The second kappa shape index (κ2) is 7.35. The Kier molecular flexibility index (Phi) is 4.62. The van der Waals surface area contributed by atoms with E-state index in [9.17, 15) is 18.0 Å². The fourth-order valence-electron chi connectivity index (χ4n) is 3.75. The highest BCUT2D eigenvalue weighted by atomic mass is 19.4. The first-order valence-corrected chi connectivity index (χ1v) is 9.73. The first-order chi connectivity index (χ1) is 14.9. The molecule has 4 aromatic rings. The number of halogens is 3. The molecule has 1 N–H and O–H groups in total. The van der Waals surface area contributed by atoms with Gasteiger partial charge in [-0.15, -0.1) is 0 Å². The number of hydrogen-bond acceptors (Lipinski definition) is 5. The maximum absolute atomic E-state index is 12.8. The van der Waals surface area contributed by atoms with Crippen LogP contribution in [-0.2, 0) is 25.7 Å². The molecule has 0 saturated carbocycles. The summed E-state index contributed by atoms with van der Waals surface area (Å²) >= 11 is 0. The Balaban J connectivity index is 1.37. The van der Waals surface area contributed by atoms with Crippen molar-refractivity contribution in [1.82, 2.24) is 19.9 Å². The Hall–Kier alpha value is -3.46. The van der Waals surface area contributed by atoms with Gasteiger partial charge in [-0.2, -0.15) is 13.2 Å². The molecule has 31 heavy (non-hydrogen) atoms. The number of nitrogens with one attached hydrogen (secondary N) is 1. The largest absolute Gasteiger partial charge is 0.439 e. The molecule has 3 heterocycles. The average Bonchev–Trinajstić information content (AvgIpc) is 3.16. The zero-order valence-electron chi connectivity index (χ0n) is 16.2. The van der Waals surface area contributed by atoms with Crippen molar-refractivity contribution in [1.29, 1.82) is 0 Å². The van der Waals surface area contributed by atoms with Crippen molar-refractivity contribution in [2.75, 3.05) is 6.54 Å².